The Morgan fingerprint density at radius 1 is 1.04 bits per heavy atom. The van der Waals surface area contributed by atoms with E-state index in [0.717, 1.165) is 22.1 Å². The Hall–Kier alpha value is -2.64. The number of nitriles is 1. The number of aromatic amines is 1. The van der Waals surface area contributed by atoms with Gasteiger partial charge >= 0.3 is 0 Å². The van der Waals surface area contributed by atoms with E-state index >= 15 is 0 Å². The zero-order valence-corrected chi connectivity index (χ0v) is 14.4. The molecule has 0 radical (unpaired) electrons. The second kappa shape index (κ2) is 4.67. The first-order valence-corrected chi connectivity index (χ1v) is 11.2. The second-order valence-corrected chi connectivity index (χ2v) is 12.0. The van der Waals surface area contributed by atoms with Crippen LogP contribution in [0.3, 0.4) is 0 Å². The zero-order valence-electron chi connectivity index (χ0n) is 13.4. The minimum Gasteiger partial charge on any atom is -0.339 e. The van der Waals surface area contributed by atoms with Crippen molar-refractivity contribution in [1.29, 1.82) is 5.26 Å². The van der Waals surface area contributed by atoms with Crippen LogP contribution in [-0.2, 0) is 0 Å². The first-order chi connectivity index (χ1) is 11.0. The van der Waals surface area contributed by atoms with Crippen LogP contribution in [0.15, 0.2) is 42.5 Å². The van der Waals surface area contributed by atoms with Crippen LogP contribution in [0.1, 0.15) is 5.56 Å². The van der Waals surface area contributed by atoms with Gasteiger partial charge in [-0.05, 0) is 29.5 Å². The number of fused-ring (bicyclic) bond motifs is 4. The van der Waals surface area contributed by atoms with Gasteiger partial charge in [-0.25, -0.2) is 4.98 Å². The number of para-hydroxylation sites is 1. The number of benzene rings is 2. The summed E-state index contributed by atoms with van der Waals surface area (Å²) < 4.78 is 0. The SMILES string of the molecule is C[Si](C)(C)c1c2cc(C#N)ccc2nc2[nH]c3ccccc3c12. The molecule has 0 saturated heterocycles. The predicted octanol–water partition coefficient (Wildman–Crippen LogP) is 4.29. The van der Waals surface area contributed by atoms with Crippen molar-refractivity contribution in [3.8, 4) is 6.07 Å². The van der Waals surface area contributed by atoms with Crippen molar-refractivity contribution >= 4 is 46.1 Å². The molecule has 0 unspecified atom stereocenters. The fourth-order valence-electron chi connectivity index (χ4n) is 3.40. The van der Waals surface area contributed by atoms with Crippen molar-refractivity contribution < 1.29 is 0 Å². The maximum atomic E-state index is 9.27. The first-order valence-electron chi connectivity index (χ1n) is 7.74. The van der Waals surface area contributed by atoms with Crippen LogP contribution in [0.5, 0.6) is 0 Å². The lowest BCUT2D eigenvalue weighted by Crippen LogP contribution is -2.39. The average Bonchev–Trinajstić information content (AvgIpc) is 2.88. The highest BCUT2D eigenvalue weighted by molar-refractivity contribution is 6.92. The second-order valence-electron chi connectivity index (χ2n) is 6.97. The highest BCUT2D eigenvalue weighted by Gasteiger charge is 2.25. The van der Waals surface area contributed by atoms with Gasteiger partial charge in [-0.1, -0.05) is 37.8 Å². The van der Waals surface area contributed by atoms with Crippen LogP contribution in [0, 0.1) is 11.3 Å². The van der Waals surface area contributed by atoms with Crippen LogP contribution in [0.4, 0.5) is 0 Å². The monoisotopic (exact) mass is 315 g/mol. The van der Waals surface area contributed by atoms with Crippen LogP contribution in [0.2, 0.25) is 19.6 Å². The third-order valence-electron chi connectivity index (χ3n) is 4.31. The highest BCUT2D eigenvalue weighted by atomic mass is 28.3. The van der Waals surface area contributed by atoms with Gasteiger partial charge in [0, 0.05) is 21.7 Å². The van der Waals surface area contributed by atoms with Crippen molar-refractivity contribution in [1.82, 2.24) is 9.97 Å². The van der Waals surface area contributed by atoms with Gasteiger partial charge in [0.2, 0.25) is 0 Å². The summed E-state index contributed by atoms with van der Waals surface area (Å²) in [5, 5.41) is 14.2. The minimum atomic E-state index is -1.65. The maximum Gasteiger partial charge on any atom is 0.138 e. The molecule has 0 amide bonds. The standard InChI is InChI=1S/C19H17N3Si/c1-23(2,3)18-14-10-12(11-20)8-9-16(14)22-19-17(18)13-6-4-5-7-15(13)21-19/h4-10H,1-3H3,(H,21,22). The van der Waals surface area contributed by atoms with E-state index in [1.807, 2.05) is 24.3 Å². The van der Waals surface area contributed by atoms with Crippen LogP contribution < -0.4 is 5.19 Å². The molecule has 2 aromatic heterocycles. The molecule has 0 spiro atoms. The van der Waals surface area contributed by atoms with Gasteiger partial charge in [-0.15, -0.1) is 0 Å². The van der Waals surface area contributed by atoms with Crippen LogP contribution in [-0.4, -0.2) is 18.0 Å². The van der Waals surface area contributed by atoms with Crippen molar-refractivity contribution in [2.75, 3.05) is 0 Å². The molecule has 4 aromatic rings. The molecule has 0 atom stereocenters. The summed E-state index contributed by atoms with van der Waals surface area (Å²) in [6, 6.07) is 16.4. The van der Waals surface area contributed by atoms with E-state index in [9.17, 15) is 5.26 Å². The van der Waals surface area contributed by atoms with E-state index in [0.29, 0.717) is 5.56 Å². The molecule has 112 valence electrons. The predicted molar refractivity (Wildman–Crippen MR) is 98.8 cm³/mol. The Bertz CT molecular complexity index is 1110. The van der Waals surface area contributed by atoms with Crippen molar-refractivity contribution in [2.45, 2.75) is 19.6 Å². The molecule has 0 saturated carbocycles. The van der Waals surface area contributed by atoms with Crippen molar-refractivity contribution in [3.63, 3.8) is 0 Å². The van der Waals surface area contributed by atoms with E-state index in [-0.39, 0.29) is 0 Å². The van der Waals surface area contributed by atoms with Gasteiger partial charge in [-0.3, -0.25) is 0 Å². The van der Waals surface area contributed by atoms with E-state index < -0.39 is 8.07 Å². The molecule has 4 rings (SSSR count). The first kappa shape index (κ1) is 14.0. The molecular formula is C19H17N3Si. The fraction of sp³-hybridized carbons (Fsp3) is 0.158. The largest absolute Gasteiger partial charge is 0.339 e. The Kier molecular flexibility index (Phi) is 2.84. The quantitative estimate of drug-likeness (QED) is 0.533. The molecule has 2 heterocycles. The molecule has 4 heteroatoms. The number of hydrogen-bond donors (Lipinski definition) is 1. The minimum absolute atomic E-state index is 0.693. The number of nitrogens with one attached hydrogen (secondary N) is 1. The van der Waals surface area contributed by atoms with Crippen molar-refractivity contribution in [3.05, 3.63) is 48.0 Å². The lowest BCUT2D eigenvalue weighted by Gasteiger charge is -2.21. The van der Waals surface area contributed by atoms with E-state index in [2.05, 4.69) is 48.9 Å². The molecular weight excluding hydrogens is 298 g/mol. The number of rotatable bonds is 1. The van der Waals surface area contributed by atoms with Crippen LogP contribution in [0.25, 0.3) is 32.8 Å². The molecule has 0 fully saturated rings. The lowest BCUT2D eigenvalue weighted by atomic mass is 10.1. The smallest absolute Gasteiger partial charge is 0.138 e. The Morgan fingerprint density at radius 2 is 1.83 bits per heavy atom. The van der Waals surface area contributed by atoms with Crippen LogP contribution >= 0.6 is 0 Å². The number of pyridine rings is 1. The van der Waals surface area contributed by atoms with E-state index in [1.54, 1.807) is 0 Å². The number of nitrogens with zero attached hydrogens (tertiary/aromatic N) is 2. The number of H-pyrrole nitrogens is 1. The summed E-state index contributed by atoms with van der Waals surface area (Å²) in [4.78, 5) is 8.28. The maximum absolute atomic E-state index is 9.27. The van der Waals surface area contributed by atoms with Gasteiger partial charge in [0.25, 0.3) is 0 Å². The number of aromatic nitrogens is 2. The Morgan fingerprint density at radius 3 is 2.57 bits per heavy atom. The van der Waals surface area contributed by atoms with Gasteiger partial charge in [-0.2, -0.15) is 5.26 Å². The fourth-order valence-corrected chi connectivity index (χ4v) is 5.41. The third-order valence-corrected chi connectivity index (χ3v) is 6.33. The molecule has 2 aromatic carbocycles. The van der Waals surface area contributed by atoms with E-state index in [4.69, 9.17) is 4.98 Å². The summed E-state index contributed by atoms with van der Waals surface area (Å²) in [6.45, 7) is 7.05. The molecule has 3 nitrogen and oxygen atoms in total. The molecule has 0 aliphatic carbocycles. The summed E-state index contributed by atoms with van der Waals surface area (Å²) in [7, 11) is -1.65. The summed E-state index contributed by atoms with van der Waals surface area (Å²) in [6.07, 6.45) is 0. The normalized spacial score (nSPS) is 12.1. The van der Waals surface area contributed by atoms with E-state index in [1.165, 1.54) is 16.0 Å². The molecule has 0 aliphatic heterocycles. The Balaban J connectivity index is 2.32. The third kappa shape index (κ3) is 2.05. The number of hydrogen-bond acceptors (Lipinski definition) is 2. The van der Waals surface area contributed by atoms with Gasteiger partial charge in [0.1, 0.15) is 5.65 Å². The highest BCUT2D eigenvalue weighted by Crippen LogP contribution is 2.28. The van der Waals surface area contributed by atoms with Gasteiger partial charge in [0.15, 0.2) is 0 Å². The van der Waals surface area contributed by atoms with Gasteiger partial charge in [0.05, 0.1) is 25.2 Å². The van der Waals surface area contributed by atoms with Gasteiger partial charge < -0.3 is 4.98 Å². The molecule has 0 aliphatic rings. The summed E-state index contributed by atoms with van der Waals surface area (Å²) >= 11 is 0. The Labute approximate surface area is 135 Å². The average molecular weight is 315 g/mol. The molecule has 1 N–H and O–H groups in total. The summed E-state index contributed by atoms with van der Waals surface area (Å²) in [5.41, 5.74) is 3.71. The molecule has 0 bridgehead atoms. The lowest BCUT2D eigenvalue weighted by molar-refractivity contribution is 1.40. The van der Waals surface area contributed by atoms with Crippen molar-refractivity contribution in [2.24, 2.45) is 0 Å². The topological polar surface area (TPSA) is 52.5 Å². The molecule has 23 heavy (non-hydrogen) atoms. The zero-order chi connectivity index (χ0) is 16.2. The summed E-state index contributed by atoms with van der Waals surface area (Å²) in [5.74, 6) is 0.